The Morgan fingerprint density at radius 1 is 0.315 bits per heavy atom. The van der Waals surface area contributed by atoms with Crippen LogP contribution in [0.15, 0.2) is 341 Å². The number of quaternary nitrogens is 2. The Balaban J connectivity index is 0.000000181. The number of pyridine rings is 12. The molecule has 3 aromatic carbocycles. The van der Waals surface area contributed by atoms with E-state index in [1.165, 1.54) is 17.5 Å². The van der Waals surface area contributed by atoms with Gasteiger partial charge >= 0.3 is 0 Å². The molecular weight excluding hydrogens is 1890 g/mol. The van der Waals surface area contributed by atoms with E-state index in [-0.39, 0.29) is 76.0 Å². The van der Waals surface area contributed by atoms with Crippen molar-refractivity contribution in [3.8, 4) is 0 Å². The minimum atomic E-state index is -1.77. The number of hydrogen-bond donors (Lipinski definition) is 10. The number of aromatic nitrogens is 12. The van der Waals surface area contributed by atoms with Gasteiger partial charge in [-0.2, -0.15) is 0 Å². The number of nitrogens with zero attached hydrogens (tertiary/aromatic N) is 17. The Kier molecular flexibility index (Phi) is 46.8. The fourth-order valence-corrected chi connectivity index (χ4v) is 15.3. The lowest BCUT2D eigenvalue weighted by molar-refractivity contribution is -0.387. The molecule has 4 unspecified atom stereocenters. The third-order valence-corrected chi connectivity index (χ3v) is 22.8. The molecular formula is C113H127N22O14+. The molecule has 36 nitrogen and oxygen atoms in total. The molecule has 12 aromatic heterocycles. The number of carbonyl (C=O) groups is 5. The second-order valence-corrected chi connectivity index (χ2v) is 35.1. The largest absolute Gasteiger partial charge is 0.550 e. The molecule has 0 saturated heterocycles. The van der Waals surface area contributed by atoms with E-state index >= 15 is 0 Å². The number of nitrogens with one attached hydrogen (secondary N) is 3. The monoisotopic (exact) mass is 2020 g/mol. The van der Waals surface area contributed by atoms with Gasteiger partial charge in [-0.15, -0.1) is 0 Å². The lowest BCUT2D eigenvalue weighted by Crippen LogP contribution is -2.51. The molecule has 0 saturated carbocycles. The summed E-state index contributed by atoms with van der Waals surface area (Å²) < 4.78 is 16.8. The number of benzene rings is 3. The molecule has 0 aliphatic heterocycles. The summed E-state index contributed by atoms with van der Waals surface area (Å²) in [4.78, 5) is 124. The van der Waals surface area contributed by atoms with Gasteiger partial charge in [0.25, 0.3) is 0 Å². The summed E-state index contributed by atoms with van der Waals surface area (Å²) in [6.07, 6.45) is 13.7. The number of carboxylic acid groups (broad SMARTS) is 1. The highest BCUT2D eigenvalue weighted by atomic mass is 16.5. The summed E-state index contributed by atoms with van der Waals surface area (Å²) in [7, 11) is 1.43. The predicted molar refractivity (Wildman–Crippen MR) is 556 cm³/mol. The number of hydrogen-bond acceptors (Lipinski definition) is 30. The second-order valence-electron chi connectivity index (χ2n) is 35.1. The first kappa shape index (κ1) is 112. The third kappa shape index (κ3) is 42.0. The number of rotatable bonds is 52. The number of carboxylic acids is 1. The number of carbonyl (C=O) groups excluding carboxylic acids is 5. The van der Waals surface area contributed by atoms with Gasteiger partial charge in [-0.1, -0.05) is 109 Å². The van der Waals surface area contributed by atoms with Gasteiger partial charge in [0.1, 0.15) is 50.8 Å². The number of aliphatic carboxylic acids is 1. The highest BCUT2D eigenvalue weighted by Gasteiger charge is 2.32. The molecule has 772 valence electrons. The van der Waals surface area contributed by atoms with Crippen molar-refractivity contribution in [1.29, 1.82) is 0 Å². The summed E-state index contributed by atoms with van der Waals surface area (Å²) in [6, 6.07) is 86.2. The van der Waals surface area contributed by atoms with Crippen LogP contribution in [-0.4, -0.2) is 210 Å². The molecule has 0 aliphatic carbocycles. The van der Waals surface area contributed by atoms with Gasteiger partial charge < -0.3 is 82.0 Å². The smallest absolute Gasteiger partial charge is 0.250 e. The molecule has 4 amide bonds. The zero-order valence-electron chi connectivity index (χ0n) is 83.2. The van der Waals surface area contributed by atoms with Crippen molar-refractivity contribution < 1.29 is 80.3 Å². The highest BCUT2D eigenvalue weighted by Crippen LogP contribution is 2.22. The van der Waals surface area contributed by atoms with Gasteiger partial charge in [0, 0.05) is 196 Å². The van der Waals surface area contributed by atoms with Gasteiger partial charge in [-0.05, 0) is 197 Å². The average molecular weight is 2020 g/mol. The SMILES string of the molecule is CN(CC(O)C(O)C(O)C(O)CO)C(=O)Cc1ccc(NC(=O)COCc2ccc(CN(Cc3ccccn3)Cc3ccccn3)nc2)cc1.O=C([O-])Cc1ccc(NC(=O)COCc2ccc(CN(Cc3ccccn3)Cc3ccccn3)nc2)cc1.[NH3+]CCc1ccc(NC(=O)COCc2ccc(CN(Cc3ccccn3)Cc3ccccn3)nc2)cc1.[NH3+]Cc1cccc(CN(Cc2ccccn2)Cc2ccccn2)n1. The molecule has 36 heteroatoms. The maximum atomic E-state index is 12.6. The van der Waals surface area contributed by atoms with Crippen molar-refractivity contribution in [2.75, 3.05) is 62.5 Å². The van der Waals surface area contributed by atoms with Crippen LogP contribution >= 0.6 is 0 Å². The molecule has 4 atom stereocenters. The Hall–Kier alpha value is -15.8. The molecule has 149 heavy (non-hydrogen) atoms. The minimum Gasteiger partial charge on any atom is -0.550 e. The van der Waals surface area contributed by atoms with Crippen LogP contribution in [0.3, 0.4) is 0 Å². The van der Waals surface area contributed by atoms with Crippen molar-refractivity contribution >= 4 is 46.7 Å². The molecule has 15 rings (SSSR count). The Bertz CT molecular complexity index is 6240. The van der Waals surface area contributed by atoms with E-state index in [0.29, 0.717) is 94.6 Å². The quantitative estimate of drug-likeness (QED) is 0.0172. The van der Waals surface area contributed by atoms with Crippen molar-refractivity contribution in [2.45, 2.75) is 149 Å². The molecule has 0 aliphatic rings. The van der Waals surface area contributed by atoms with Gasteiger partial charge in [0.15, 0.2) is 0 Å². The zero-order valence-corrected chi connectivity index (χ0v) is 83.2. The van der Waals surface area contributed by atoms with Crippen molar-refractivity contribution in [3.05, 3.63) is 449 Å². The fourth-order valence-electron chi connectivity index (χ4n) is 15.3. The predicted octanol–water partition coefficient (Wildman–Crippen LogP) is 8.02. The first-order chi connectivity index (χ1) is 72.6. The number of amides is 4. The highest BCUT2D eigenvalue weighted by molar-refractivity contribution is 5.93. The molecule has 14 N–H and O–H groups in total. The van der Waals surface area contributed by atoms with Crippen LogP contribution in [0.5, 0.6) is 0 Å². The molecule has 15 aromatic rings. The van der Waals surface area contributed by atoms with Crippen LogP contribution in [0.2, 0.25) is 0 Å². The van der Waals surface area contributed by atoms with Gasteiger partial charge in [-0.25, -0.2) is 0 Å². The summed E-state index contributed by atoms with van der Waals surface area (Å²) >= 11 is 0. The maximum absolute atomic E-state index is 12.6. The molecule has 0 fully saturated rings. The van der Waals surface area contributed by atoms with Crippen LogP contribution in [0.1, 0.15) is 107 Å². The zero-order chi connectivity index (χ0) is 105. The Morgan fingerprint density at radius 2 is 0.577 bits per heavy atom. The topological polar surface area (TPSA) is 499 Å². The van der Waals surface area contributed by atoms with E-state index in [2.05, 4.69) is 113 Å². The summed E-state index contributed by atoms with van der Waals surface area (Å²) in [5.74, 6) is -2.36. The summed E-state index contributed by atoms with van der Waals surface area (Å²) in [6.45, 7) is 9.04. The Labute approximate surface area is 866 Å². The second kappa shape index (κ2) is 62.3. The maximum Gasteiger partial charge on any atom is 0.250 e. The number of anilines is 3. The van der Waals surface area contributed by atoms with Crippen LogP contribution in [0.25, 0.3) is 0 Å². The number of aliphatic hydroxyl groups is 5. The minimum absolute atomic E-state index is 0.0161. The van der Waals surface area contributed by atoms with Crippen LogP contribution in [0.4, 0.5) is 17.1 Å². The molecule has 12 heterocycles. The first-order valence-corrected chi connectivity index (χ1v) is 48.8. The summed E-state index contributed by atoms with van der Waals surface area (Å²) in [5, 5.41) is 67.2. The van der Waals surface area contributed by atoms with Crippen LogP contribution < -0.4 is 32.5 Å². The van der Waals surface area contributed by atoms with Crippen molar-refractivity contribution in [3.63, 3.8) is 0 Å². The number of ether oxygens (including phenoxy) is 3. The van der Waals surface area contributed by atoms with Gasteiger partial charge in [-0.3, -0.25) is 98.6 Å². The van der Waals surface area contributed by atoms with Gasteiger partial charge in [0.05, 0.1) is 113 Å². The Morgan fingerprint density at radius 3 is 0.839 bits per heavy atom. The number of likely N-dealkylation sites (N-methyl/N-ethyl adjacent to an activating group) is 1. The van der Waals surface area contributed by atoms with Crippen LogP contribution in [0, 0.1) is 0 Å². The van der Waals surface area contributed by atoms with E-state index in [1.807, 2.05) is 243 Å². The normalized spacial score (nSPS) is 11.9. The molecule has 0 spiro atoms. The molecule has 0 radical (unpaired) electrons. The standard InChI is InChI=1S/C36H44N6O8.C29H32N6O2.C29H29N5O4.C19H21N5/c1-41(21-31(44)35(48)36(49)32(45)22-43)34(47)16-25-8-11-27(12-9-25)40-33(46)24-50-23-26-10-13-30(39-17-26)20-42(18-28-6-2-4-14-37-28)19-29-7-3-5-15-38-29;30-14-13-23-7-10-25(11-8-23)34-29(36)22-37-21-24-9-12-28(33-17-24)20-35(18-26-5-1-3-15-31-26)19-27-6-2-4-16-32-27;35-28(33-24-10-7-22(8-11-24)15-29(36)37)21-38-20-23-9-12-27(32-16-23)19-34(17-25-5-1-3-13-30-25)18-26-6-2-4-14-31-26;20-12-16-8-5-9-19(23-16)15-24(13-17-6-1-3-10-21-17)14-18-7-2-4-11-22-18/h2-15,17,31-32,35-36,43-45,48-49H,16,18-24H2,1H3,(H,40,46);1-12,15-17H,13-14,18-22,30H2,(H,34,36);1-14,16H,15,17-21H2,(H,33,35)(H,36,37);1-11H,12-15,20H2/p+1. The van der Waals surface area contributed by atoms with Crippen molar-refractivity contribution in [2.24, 2.45) is 0 Å². The van der Waals surface area contributed by atoms with E-state index in [0.717, 1.165) is 129 Å². The summed E-state index contributed by atoms with van der Waals surface area (Å²) in [5.41, 5.74) is 27.4. The van der Waals surface area contributed by atoms with Crippen LogP contribution in [-0.2, 0) is 162 Å². The van der Waals surface area contributed by atoms with E-state index < -0.39 is 37.0 Å². The van der Waals surface area contributed by atoms with E-state index in [1.54, 1.807) is 91.9 Å². The number of aliphatic hydroxyl groups excluding tert-OH is 5. The molecule has 0 bridgehead atoms. The van der Waals surface area contributed by atoms with E-state index in [4.69, 9.17) is 19.3 Å². The third-order valence-electron chi connectivity index (χ3n) is 22.8. The first-order valence-electron chi connectivity index (χ1n) is 48.8. The fraction of sp³-hybridized carbons (Fsp3) is 0.265. The van der Waals surface area contributed by atoms with Crippen molar-refractivity contribution in [1.82, 2.24) is 84.3 Å². The average Bonchev–Trinajstić information content (AvgIpc) is 0.872. The lowest BCUT2D eigenvalue weighted by atomic mass is 10.0. The van der Waals surface area contributed by atoms with E-state index in [9.17, 15) is 49.5 Å². The van der Waals surface area contributed by atoms with Gasteiger partial charge in [0.2, 0.25) is 23.6 Å². The lowest BCUT2D eigenvalue weighted by Gasteiger charge is -2.28.